The van der Waals surface area contributed by atoms with E-state index in [0.29, 0.717) is 6.54 Å². The van der Waals surface area contributed by atoms with Gasteiger partial charge in [0.1, 0.15) is 5.82 Å². The van der Waals surface area contributed by atoms with Crippen molar-refractivity contribution in [1.29, 1.82) is 0 Å². The number of nitrogens with zero attached hydrogens (tertiary/aromatic N) is 3. The molecule has 0 atom stereocenters. The molecule has 1 amide bonds. The number of carbonyl (C=O) groups is 1. The lowest BCUT2D eigenvalue weighted by Gasteiger charge is -2.17. The van der Waals surface area contributed by atoms with Crippen molar-refractivity contribution in [3.05, 3.63) is 54.1 Å². The minimum Gasteiger partial charge on any atom is -0.341 e. The van der Waals surface area contributed by atoms with Gasteiger partial charge in [-0.3, -0.25) is 4.79 Å². The van der Waals surface area contributed by atoms with Gasteiger partial charge in [-0.2, -0.15) is 0 Å². The van der Waals surface area contributed by atoms with Crippen LogP contribution in [-0.2, 0) is 24.3 Å². The van der Waals surface area contributed by atoms with Crippen molar-refractivity contribution in [2.45, 2.75) is 32.9 Å². The molecule has 0 saturated carbocycles. The van der Waals surface area contributed by atoms with Crippen LogP contribution in [-0.4, -0.2) is 53.6 Å². The van der Waals surface area contributed by atoms with Gasteiger partial charge in [0.25, 0.3) is 0 Å². The van der Waals surface area contributed by atoms with Gasteiger partial charge in [0.05, 0.1) is 0 Å². The molecule has 1 saturated heterocycles. The first-order valence-electron chi connectivity index (χ1n) is 9.48. The molecule has 2 heterocycles. The molecule has 6 nitrogen and oxygen atoms in total. The smallest absolute Gasteiger partial charge is 0.210 e. The molecule has 0 spiro atoms. The Labute approximate surface area is 156 Å². The molecule has 2 aromatic rings. The van der Waals surface area contributed by atoms with Crippen LogP contribution in [0, 0.1) is 0 Å². The summed E-state index contributed by atoms with van der Waals surface area (Å²) in [5.41, 5.74) is 1.16. The Morgan fingerprint density at radius 1 is 1.15 bits per heavy atom. The molecule has 1 fully saturated rings. The number of carbonyl (C=O) groups excluding carboxylic acids is 1. The van der Waals surface area contributed by atoms with Crippen molar-refractivity contribution in [3.63, 3.8) is 0 Å². The number of amides is 1. The Morgan fingerprint density at radius 3 is 2.42 bits per heavy atom. The first-order valence-corrected chi connectivity index (χ1v) is 9.48. The van der Waals surface area contributed by atoms with E-state index in [-0.39, 0.29) is 0 Å². The third-order valence-corrected chi connectivity index (χ3v) is 4.30. The molecule has 0 bridgehead atoms. The minimum absolute atomic E-state index is 0.675. The number of benzene rings is 1. The molecule has 0 unspecified atom stereocenters. The highest BCUT2D eigenvalue weighted by Gasteiger charge is 2.04. The number of imidazole rings is 1. The Morgan fingerprint density at radius 2 is 1.85 bits per heavy atom. The molecular weight excluding hydrogens is 326 g/mol. The SMILES string of the molecule is C1CNCCN1.CCc1nccn1CCCN(C=O)Cc1ccccc1. The number of hydrogen-bond acceptors (Lipinski definition) is 4. The molecule has 0 radical (unpaired) electrons. The molecule has 26 heavy (non-hydrogen) atoms. The predicted octanol–water partition coefficient (Wildman–Crippen LogP) is 1.67. The summed E-state index contributed by atoms with van der Waals surface area (Å²) in [6.45, 7) is 9.00. The average molecular weight is 358 g/mol. The van der Waals surface area contributed by atoms with Gasteiger partial charge in [0.2, 0.25) is 6.41 Å². The fourth-order valence-corrected chi connectivity index (χ4v) is 2.89. The van der Waals surface area contributed by atoms with Crippen LogP contribution in [0.3, 0.4) is 0 Å². The zero-order chi connectivity index (χ0) is 18.5. The predicted molar refractivity (Wildman–Crippen MR) is 105 cm³/mol. The van der Waals surface area contributed by atoms with E-state index in [4.69, 9.17) is 0 Å². The summed E-state index contributed by atoms with van der Waals surface area (Å²) in [7, 11) is 0. The molecule has 3 rings (SSSR count). The third-order valence-electron chi connectivity index (χ3n) is 4.30. The standard InChI is InChI=1S/C16H21N3O.C4H10N2/c1-2-16-17-9-12-19(16)11-6-10-18(14-20)13-15-7-4-3-5-8-15;1-2-6-4-3-5-1/h3-5,7-9,12,14H,2,6,10-11,13H2,1H3;5-6H,1-4H2. The highest BCUT2D eigenvalue weighted by molar-refractivity contribution is 5.47. The van der Waals surface area contributed by atoms with E-state index >= 15 is 0 Å². The number of nitrogens with one attached hydrogen (secondary N) is 2. The second-order valence-electron chi connectivity index (χ2n) is 6.31. The van der Waals surface area contributed by atoms with Crippen molar-refractivity contribution in [3.8, 4) is 0 Å². The van der Waals surface area contributed by atoms with Gasteiger partial charge in [-0.05, 0) is 12.0 Å². The summed E-state index contributed by atoms with van der Waals surface area (Å²) >= 11 is 0. The summed E-state index contributed by atoms with van der Waals surface area (Å²) in [6, 6.07) is 10.1. The van der Waals surface area contributed by atoms with E-state index < -0.39 is 0 Å². The largest absolute Gasteiger partial charge is 0.341 e. The number of hydrogen-bond donors (Lipinski definition) is 2. The normalized spacial score (nSPS) is 13.6. The molecule has 1 aromatic carbocycles. The molecule has 1 aliphatic rings. The molecule has 1 aliphatic heterocycles. The fourth-order valence-electron chi connectivity index (χ4n) is 2.89. The van der Waals surface area contributed by atoms with Gasteiger partial charge in [0.15, 0.2) is 0 Å². The van der Waals surface area contributed by atoms with Crippen molar-refractivity contribution < 1.29 is 4.79 Å². The van der Waals surface area contributed by atoms with Gasteiger partial charge in [-0.1, -0.05) is 37.3 Å². The van der Waals surface area contributed by atoms with Gasteiger partial charge in [-0.15, -0.1) is 0 Å². The fraction of sp³-hybridized carbons (Fsp3) is 0.500. The molecule has 2 N–H and O–H groups in total. The number of aromatic nitrogens is 2. The zero-order valence-electron chi connectivity index (χ0n) is 15.7. The molecule has 1 aromatic heterocycles. The van der Waals surface area contributed by atoms with Gasteiger partial charge in [0, 0.05) is 64.6 Å². The highest BCUT2D eigenvalue weighted by atomic mass is 16.1. The number of aryl methyl sites for hydroxylation is 2. The van der Waals surface area contributed by atoms with E-state index in [0.717, 1.165) is 69.9 Å². The average Bonchev–Trinajstić information content (AvgIpc) is 3.17. The zero-order valence-corrected chi connectivity index (χ0v) is 15.7. The van der Waals surface area contributed by atoms with Crippen LogP contribution in [0.4, 0.5) is 0 Å². The Bertz CT molecular complexity index is 598. The van der Waals surface area contributed by atoms with E-state index in [2.05, 4.69) is 27.1 Å². The summed E-state index contributed by atoms with van der Waals surface area (Å²) in [6.07, 6.45) is 6.65. The summed E-state index contributed by atoms with van der Waals surface area (Å²) in [4.78, 5) is 17.2. The van der Waals surface area contributed by atoms with Crippen LogP contribution in [0.5, 0.6) is 0 Å². The Kier molecular flexibility index (Phi) is 9.46. The van der Waals surface area contributed by atoms with Crippen molar-refractivity contribution >= 4 is 6.41 Å². The monoisotopic (exact) mass is 357 g/mol. The first kappa shape index (κ1) is 20.1. The Balaban J connectivity index is 0.000000342. The van der Waals surface area contributed by atoms with E-state index in [1.54, 1.807) is 0 Å². The van der Waals surface area contributed by atoms with E-state index in [9.17, 15) is 4.79 Å². The Hall–Kier alpha value is -2.18. The number of rotatable bonds is 8. The van der Waals surface area contributed by atoms with Crippen LogP contribution in [0.15, 0.2) is 42.7 Å². The lowest BCUT2D eigenvalue weighted by atomic mass is 10.2. The second-order valence-corrected chi connectivity index (χ2v) is 6.31. The van der Waals surface area contributed by atoms with Crippen LogP contribution in [0.25, 0.3) is 0 Å². The lowest BCUT2D eigenvalue weighted by molar-refractivity contribution is -0.118. The van der Waals surface area contributed by atoms with Crippen molar-refractivity contribution in [2.24, 2.45) is 0 Å². The maximum Gasteiger partial charge on any atom is 0.210 e. The van der Waals surface area contributed by atoms with Crippen LogP contribution >= 0.6 is 0 Å². The van der Waals surface area contributed by atoms with Gasteiger partial charge in [-0.25, -0.2) is 4.98 Å². The maximum absolute atomic E-state index is 11.1. The quantitative estimate of drug-likeness (QED) is 0.706. The van der Waals surface area contributed by atoms with E-state index in [1.165, 1.54) is 0 Å². The highest BCUT2D eigenvalue weighted by Crippen LogP contribution is 2.05. The van der Waals surface area contributed by atoms with Crippen molar-refractivity contribution in [1.82, 2.24) is 25.1 Å². The van der Waals surface area contributed by atoms with Gasteiger partial charge < -0.3 is 20.1 Å². The molecule has 142 valence electrons. The lowest BCUT2D eigenvalue weighted by Crippen LogP contribution is -2.39. The topological polar surface area (TPSA) is 62.2 Å². The van der Waals surface area contributed by atoms with Crippen LogP contribution in [0.1, 0.15) is 24.7 Å². The minimum atomic E-state index is 0.675. The van der Waals surface area contributed by atoms with Crippen LogP contribution < -0.4 is 10.6 Å². The van der Waals surface area contributed by atoms with Crippen LogP contribution in [0.2, 0.25) is 0 Å². The molecular formula is C20H31N5O. The third kappa shape index (κ3) is 7.37. The number of piperazine rings is 1. The summed E-state index contributed by atoms with van der Waals surface area (Å²) in [5, 5.41) is 6.44. The summed E-state index contributed by atoms with van der Waals surface area (Å²) < 4.78 is 2.16. The maximum atomic E-state index is 11.1. The molecule has 0 aliphatic carbocycles. The molecule has 6 heteroatoms. The van der Waals surface area contributed by atoms with Gasteiger partial charge >= 0.3 is 0 Å². The second kappa shape index (κ2) is 12.2. The summed E-state index contributed by atoms with van der Waals surface area (Å²) in [5.74, 6) is 1.10. The van der Waals surface area contributed by atoms with E-state index in [1.807, 2.05) is 47.6 Å². The first-order chi connectivity index (χ1) is 12.8. The van der Waals surface area contributed by atoms with Crippen molar-refractivity contribution in [2.75, 3.05) is 32.7 Å².